The van der Waals surface area contributed by atoms with Crippen LogP contribution in [-0.2, 0) is 4.79 Å². The zero-order valence-electron chi connectivity index (χ0n) is 12.9. The lowest BCUT2D eigenvalue weighted by Crippen LogP contribution is -2.41. The second kappa shape index (κ2) is 8.70. The van der Waals surface area contributed by atoms with Crippen molar-refractivity contribution in [1.29, 1.82) is 0 Å². The Morgan fingerprint density at radius 2 is 1.96 bits per heavy atom. The molecule has 1 aliphatic heterocycles. The first-order valence-corrected chi connectivity index (χ1v) is 7.60. The van der Waals surface area contributed by atoms with E-state index in [1.165, 1.54) is 0 Å². The molecule has 0 radical (unpaired) electrons. The van der Waals surface area contributed by atoms with Gasteiger partial charge >= 0.3 is 0 Å². The summed E-state index contributed by atoms with van der Waals surface area (Å²) in [7, 11) is 0. The second-order valence-corrected chi connectivity index (χ2v) is 5.55. The number of benzene rings is 1. The minimum Gasteiger partial charge on any atom is -0.394 e. The molecule has 6 N–H and O–H groups in total. The Hall–Kier alpha value is -2.30. The molecule has 3 atom stereocenters. The summed E-state index contributed by atoms with van der Waals surface area (Å²) in [5.41, 5.74) is 3.28. The van der Waals surface area contributed by atoms with E-state index >= 15 is 0 Å². The molecular weight excluding hydrogens is 352 g/mol. The van der Waals surface area contributed by atoms with Crippen LogP contribution in [0.15, 0.2) is 40.1 Å². The largest absolute Gasteiger partial charge is 0.394 e. The van der Waals surface area contributed by atoms with E-state index in [0.29, 0.717) is 5.02 Å². The van der Waals surface area contributed by atoms with Crippen molar-refractivity contribution in [3.8, 4) is 0 Å². The lowest BCUT2D eigenvalue weighted by Gasteiger charge is -2.17. The van der Waals surface area contributed by atoms with Crippen LogP contribution in [0.4, 0.5) is 0 Å². The summed E-state index contributed by atoms with van der Waals surface area (Å²) in [6, 6.07) is 6.82. The van der Waals surface area contributed by atoms with Crippen LogP contribution in [0, 0.1) is 0 Å². The standard InChI is InChI=1S/C15H17ClN4O5/c16-9-3-1-8(2-4-9)5-10-14(25)19-15(18-10)20-17-6-11(22)13(24)12(23)7-21/h1-6,11-13,21-24H,7H2,(H2,18,19,20,25)/b10-5+,17-6-. The summed E-state index contributed by atoms with van der Waals surface area (Å²) in [6.07, 6.45) is -2.16. The van der Waals surface area contributed by atoms with Gasteiger partial charge in [-0.15, -0.1) is 0 Å². The average Bonchev–Trinajstić information content (AvgIpc) is 2.94. The van der Waals surface area contributed by atoms with Crippen molar-refractivity contribution in [2.75, 3.05) is 6.61 Å². The Morgan fingerprint density at radius 3 is 2.60 bits per heavy atom. The number of aliphatic imine (C=N–C) groups is 1. The number of rotatable bonds is 6. The molecule has 25 heavy (non-hydrogen) atoms. The van der Waals surface area contributed by atoms with Crippen molar-refractivity contribution in [3.05, 3.63) is 40.5 Å². The molecule has 2 rings (SSSR count). The SMILES string of the molecule is O=C1NC(N/N=C\C(O)C(O)C(O)CO)=N/C1=C/c1ccc(Cl)cc1. The summed E-state index contributed by atoms with van der Waals surface area (Å²) in [4.78, 5) is 15.8. The van der Waals surface area contributed by atoms with E-state index in [0.717, 1.165) is 11.8 Å². The van der Waals surface area contributed by atoms with Gasteiger partial charge in [0, 0.05) is 5.02 Å². The van der Waals surface area contributed by atoms with Crippen LogP contribution in [-0.4, -0.2) is 63.4 Å². The number of carbonyl (C=O) groups is 1. The topological polar surface area (TPSA) is 147 Å². The lowest BCUT2D eigenvalue weighted by molar-refractivity contribution is -0.115. The van der Waals surface area contributed by atoms with Gasteiger partial charge in [0.1, 0.15) is 24.0 Å². The van der Waals surface area contributed by atoms with Gasteiger partial charge in [0.15, 0.2) is 0 Å². The van der Waals surface area contributed by atoms with E-state index in [2.05, 4.69) is 20.8 Å². The molecule has 0 saturated heterocycles. The summed E-state index contributed by atoms with van der Waals surface area (Å²) in [6.45, 7) is -0.707. The number of hydrogen-bond donors (Lipinski definition) is 6. The maximum atomic E-state index is 11.8. The van der Waals surface area contributed by atoms with Gasteiger partial charge in [-0.1, -0.05) is 23.7 Å². The minimum atomic E-state index is -1.60. The van der Waals surface area contributed by atoms with E-state index in [4.69, 9.17) is 16.7 Å². The third-order valence-electron chi connectivity index (χ3n) is 3.20. The van der Waals surface area contributed by atoms with Gasteiger partial charge in [-0.2, -0.15) is 5.10 Å². The highest BCUT2D eigenvalue weighted by Gasteiger charge is 2.23. The van der Waals surface area contributed by atoms with Crippen LogP contribution in [0.3, 0.4) is 0 Å². The smallest absolute Gasteiger partial charge is 0.276 e. The molecule has 0 saturated carbocycles. The molecule has 0 aromatic heterocycles. The Morgan fingerprint density at radius 1 is 1.28 bits per heavy atom. The predicted octanol–water partition coefficient (Wildman–Crippen LogP) is -1.18. The maximum absolute atomic E-state index is 11.8. The third kappa shape index (κ3) is 5.34. The van der Waals surface area contributed by atoms with E-state index < -0.39 is 30.8 Å². The number of hydrogen-bond acceptors (Lipinski definition) is 8. The highest BCUT2D eigenvalue weighted by Crippen LogP contribution is 2.14. The van der Waals surface area contributed by atoms with E-state index in [1.807, 2.05) is 0 Å². The molecule has 3 unspecified atom stereocenters. The van der Waals surface area contributed by atoms with Gasteiger partial charge in [0.25, 0.3) is 5.91 Å². The first-order chi connectivity index (χ1) is 11.9. The number of guanidine groups is 1. The third-order valence-corrected chi connectivity index (χ3v) is 3.45. The molecule has 9 nitrogen and oxygen atoms in total. The zero-order valence-corrected chi connectivity index (χ0v) is 13.6. The minimum absolute atomic E-state index is 0.0332. The highest BCUT2D eigenvalue weighted by molar-refractivity contribution is 6.30. The summed E-state index contributed by atoms with van der Waals surface area (Å²) >= 11 is 5.79. The molecule has 1 amide bonds. The number of nitrogens with zero attached hydrogens (tertiary/aromatic N) is 2. The number of aliphatic hydroxyl groups excluding tert-OH is 4. The molecule has 1 heterocycles. The van der Waals surface area contributed by atoms with Crippen molar-refractivity contribution in [3.63, 3.8) is 0 Å². The van der Waals surface area contributed by atoms with Crippen molar-refractivity contribution >= 4 is 35.8 Å². The van der Waals surface area contributed by atoms with Gasteiger partial charge in [-0.3, -0.25) is 10.1 Å². The molecule has 0 spiro atoms. The predicted molar refractivity (Wildman–Crippen MR) is 91.7 cm³/mol. The van der Waals surface area contributed by atoms with Gasteiger partial charge in [0.2, 0.25) is 5.96 Å². The molecule has 10 heteroatoms. The van der Waals surface area contributed by atoms with Crippen LogP contribution in [0.2, 0.25) is 5.02 Å². The first kappa shape index (κ1) is 19.0. The lowest BCUT2D eigenvalue weighted by atomic mass is 10.1. The van der Waals surface area contributed by atoms with Crippen molar-refractivity contribution in [2.24, 2.45) is 10.1 Å². The number of nitrogens with one attached hydrogen (secondary N) is 2. The van der Waals surface area contributed by atoms with Crippen molar-refractivity contribution < 1.29 is 25.2 Å². The van der Waals surface area contributed by atoms with Crippen LogP contribution in [0.5, 0.6) is 0 Å². The zero-order chi connectivity index (χ0) is 18.4. The summed E-state index contributed by atoms with van der Waals surface area (Å²) < 4.78 is 0. The van der Waals surface area contributed by atoms with Gasteiger partial charge < -0.3 is 20.4 Å². The first-order valence-electron chi connectivity index (χ1n) is 7.22. The van der Waals surface area contributed by atoms with E-state index in [-0.39, 0.29) is 11.7 Å². The Balaban J connectivity index is 1.98. The normalized spacial score (nSPS) is 19.6. The Bertz CT molecular complexity index is 704. The molecule has 1 aliphatic rings. The number of carbonyl (C=O) groups excluding carboxylic acids is 1. The number of halogens is 1. The fourth-order valence-electron chi connectivity index (χ4n) is 1.84. The Kier molecular flexibility index (Phi) is 6.62. The molecule has 1 aromatic carbocycles. The number of amides is 1. The molecule has 0 fully saturated rings. The highest BCUT2D eigenvalue weighted by atomic mass is 35.5. The van der Waals surface area contributed by atoms with Crippen LogP contribution >= 0.6 is 11.6 Å². The van der Waals surface area contributed by atoms with Crippen LogP contribution in [0.1, 0.15) is 5.56 Å². The van der Waals surface area contributed by atoms with Crippen molar-refractivity contribution in [1.82, 2.24) is 10.7 Å². The van der Waals surface area contributed by atoms with E-state index in [9.17, 15) is 20.1 Å². The number of hydrazone groups is 1. The molecule has 0 bridgehead atoms. The monoisotopic (exact) mass is 368 g/mol. The van der Waals surface area contributed by atoms with Gasteiger partial charge in [-0.25, -0.2) is 10.4 Å². The Labute approximate surface area is 148 Å². The molecule has 134 valence electrons. The number of aliphatic hydroxyl groups is 4. The molecule has 0 aliphatic carbocycles. The fourth-order valence-corrected chi connectivity index (χ4v) is 1.96. The average molecular weight is 369 g/mol. The summed E-state index contributed by atoms with van der Waals surface area (Å²) in [5.74, 6) is -0.408. The van der Waals surface area contributed by atoms with Crippen LogP contribution in [0.25, 0.3) is 6.08 Å². The summed E-state index contributed by atoms with van der Waals surface area (Å²) in [5, 5.41) is 43.5. The second-order valence-electron chi connectivity index (χ2n) is 5.12. The van der Waals surface area contributed by atoms with Gasteiger partial charge in [-0.05, 0) is 23.8 Å². The van der Waals surface area contributed by atoms with Gasteiger partial charge in [0.05, 0.1) is 12.8 Å². The fraction of sp³-hybridized carbons (Fsp3) is 0.267. The molecule has 1 aromatic rings. The quantitative estimate of drug-likeness (QED) is 0.211. The molecular formula is C15H17ClN4O5. The van der Waals surface area contributed by atoms with E-state index in [1.54, 1.807) is 30.3 Å². The maximum Gasteiger partial charge on any atom is 0.276 e. The van der Waals surface area contributed by atoms with Crippen LogP contribution < -0.4 is 10.7 Å². The van der Waals surface area contributed by atoms with Crippen molar-refractivity contribution in [2.45, 2.75) is 18.3 Å².